The monoisotopic (exact) mass is 277 g/mol. The van der Waals surface area contributed by atoms with Crippen molar-refractivity contribution in [2.45, 2.75) is 44.7 Å². The average Bonchev–Trinajstić information content (AvgIpc) is 2.48. The van der Waals surface area contributed by atoms with E-state index in [1.165, 1.54) is 32.1 Å². The summed E-state index contributed by atoms with van der Waals surface area (Å²) in [6.07, 6.45) is 6.46. The van der Waals surface area contributed by atoms with E-state index >= 15 is 0 Å². The standard InChI is InChI=1S/C15H24BNO3/c1-17(14-6-4-3-5-7-14)11-12-10-13(16(18)19)8-9-15(12)20-2/h8-10,14,18-19H,3-7,11H2,1-2H3. The quantitative estimate of drug-likeness (QED) is 0.792. The van der Waals surface area contributed by atoms with Crippen molar-refractivity contribution in [1.29, 1.82) is 0 Å². The summed E-state index contributed by atoms with van der Waals surface area (Å²) in [5, 5.41) is 18.6. The van der Waals surface area contributed by atoms with Crippen LogP contribution < -0.4 is 10.2 Å². The molecule has 1 aliphatic rings. The molecule has 2 N–H and O–H groups in total. The van der Waals surface area contributed by atoms with Gasteiger partial charge in [-0.2, -0.15) is 0 Å². The lowest BCUT2D eigenvalue weighted by Crippen LogP contribution is -2.34. The van der Waals surface area contributed by atoms with Crippen molar-refractivity contribution in [3.8, 4) is 5.75 Å². The molecule has 0 atom stereocenters. The molecule has 0 aliphatic heterocycles. The summed E-state index contributed by atoms with van der Waals surface area (Å²) in [6, 6.07) is 5.94. The predicted octanol–water partition coefficient (Wildman–Crippen LogP) is 1.14. The molecule has 1 aliphatic carbocycles. The minimum Gasteiger partial charge on any atom is -0.496 e. The Morgan fingerprint density at radius 3 is 2.55 bits per heavy atom. The van der Waals surface area contributed by atoms with E-state index in [1.54, 1.807) is 19.2 Å². The number of rotatable bonds is 5. The zero-order chi connectivity index (χ0) is 14.5. The van der Waals surface area contributed by atoms with Crippen LogP contribution in [0.3, 0.4) is 0 Å². The lowest BCUT2D eigenvalue weighted by Gasteiger charge is -2.31. The van der Waals surface area contributed by atoms with E-state index in [9.17, 15) is 10.0 Å². The molecule has 0 aromatic heterocycles. The van der Waals surface area contributed by atoms with Crippen LogP contribution in [-0.2, 0) is 6.54 Å². The molecule has 1 fully saturated rings. The molecule has 0 saturated heterocycles. The van der Waals surface area contributed by atoms with Gasteiger partial charge in [-0.15, -0.1) is 0 Å². The van der Waals surface area contributed by atoms with Crippen LogP contribution in [0.5, 0.6) is 5.75 Å². The van der Waals surface area contributed by atoms with E-state index in [1.807, 2.05) is 6.07 Å². The summed E-state index contributed by atoms with van der Waals surface area (Å²) < 4.78 is 5.38. The summed E-state index contributed by atoms with van der Waals surface area (Å²) in [7, 11) is 2.35. The summed E-state index contributed by atoms with van der Waals surface area (Å²) in [6.45, 7) is 0.772. The largest absolute Gasteiger partial charge is 0.496 e. The molecular weight excluding hydrogens is 253 g/mol. The van der Waals surface area contributed by atoms with E-state index < -0.39 is 7.12 Å². The second-order valence-corrected chi connectivity index (χ2v) is 5.65. The van der Waals surface area contributed by atoms with Gasteiger partial charge in [0.15, 0.2) is 0 Å². The van der Waals surface area contributed by atoms with Crippen molar-refractivity contribution >= 4 is 12.6 Å². The molecule has 0 unspecified atom stereocenters. The molecule has 0 amide bonds. The third-order valence-corrected chi connectivity index (χ3v) is 4.22. The van der Waals surface area contributed by atoms with Crippen LogP contribution in [-0.4, -0.2) is 42.3 Å². The Kier molecular flexibility index (Phi) is 5.46. The zero-order valence-electron chi connectivity index (χ0n) is 12.4. The average molecular weight is 277 g/mol. The number of hydrogen-bond acceptors (Lipinski definition) is 4. The van der Waals surface area contributed by atoms with Gasteiger partial charge in [0.1, 0.15) is 5.75 Å². The number of ether oxygens (including phenoxy) is 1. The highest BCUT2D eigenvalue weighted by atomic mass is 16.5. The van der Waals surface area contributed by atoms with Gasteiger partial charge in [-0.3, -0.25) is 4.90 Å². The maximum atomic E-state index is 9.30. The first-order valence-electron chi connectivity index (χ1n) is 7.35. The van der Waals surface area contributed by atoms with Crippen molar-refractivity contribution in [2.24, 2.45) is 0 Å². The molecule has 5 heteroatoms. The lowest BCUT2D eigenvalue weighted by molar-refractivity contribution is 0.183. The first kappa shape index (κ1) is 15.4. The van der Waals surface area contributed by atoms with Gasteiger partial charge < -0.3 is 14.8 Å². The van der Waals surface area contributed by atoms with Crippen LogP contribution in [0.2, 0.25) is 0 Å². The normalized spacial score (nSPS) is 16.4. The molecule has 4 nitrogen and oxygen atoms in total. The minimum atomic E-state index is -1.43. The van der Waals surface area contributed by atoms with Crippen LogP contribution in [0.25, 0.3) is 0 Å². The molecule has 0 heterocycles. The molecule has 1 aromatic rings. The van der Waals surface area contributed by atoms with E-state index in [0.717, 1.165) is 17.9 Å². The summed E-state index contributed by atoms with van der Waals surface area (Å²) >= 11 is 0. The third kappa shape index (κ3) is 3.75. The highest BCUT2D eigenvalue weighted by molar-refractivity contribution is 6.58. The summed E-state index contributed by atoms with van der Waals surface area (Å²) in [5.74, 6) is 0.803. The molecule has 1 saturated carbocycles. The number of benzene rings is 1. The second-order valence-electron chi connectivity index (χ2n) is 5.65. The maximum Gasteiger partial charge on any atom is 0.488 e. The Bertz CT molecular complexity index is 433. The molecule has 110 valence electrons. The van der Waals surface area contributed by atoms with E-state index in [-0.39, 0.29) is 0 Å². The van der Waals surface area contributed by atoms with Crippen LogP contribution in [0, 0.1) is 0 Å². The first-order valence-corrected chi connectivity index (χ1v) is 7.35. The van der Waals surface area contributed by atoms with Gasteiger partial charge in [0.25, 0.3) is 0 Å². The Balaban J connectivity index is 2.11. The third-order valence-electron chi connectivity index (χ3n) is 4.22. The summed E-state index contributed by atoms with van der Waals surface area (Å²) in [5.41, 5.74) is 1.52. The van der Waals surface area contributed by atoms with E-state index in [0.29, 0.717) is 11.5 Å². The summed E-state index contributed by atoms with van der Waals surface area (Å²) in [4.78, 5) is 2.35. The highest BCUT2D eigenvalue weighted by Gasteiger charge is 2.20. The zero-order valence-corrected chi connectivity index (χ0v) is 12.4. The van der Waals surface area contributed by atoms with Gasteiger partial charge in [-0.05, 0) is 31.4 Å². The van der Waals surface area contributed by atoms with E-state index in [4.69, 9.17) is 4.74 Å². The topological polar surface area (TPSA) is 52.9 Å². The maximum absolute atomic E-state index is 9.30. The number of nitrogens with zero attached hydrogens (tertiary/aromatic N) is 1. The molecule has 1 aromatic carbocycles. The van der Waals surface area contributed by atoms with Crippen molar-refractivity contribution in [1.82, 2.24) is 4.90 Å². The van der Waals surface area contributed by atoms with Crippen molar-refractivity contribution in [2.75, 3.05) is 14.2 Å². The number of methoxy groups -OCH3 is 1. The number of hydrogen-bond donors (Lipinski definition) is 2. The Labute approximate surface area is 121 Å². The smallest absolute Gasteiger partial charge is 0.488 e. The highest BCUT2D eigenvalue weighted by Crippen LogP contribution is 2.25. The van der Waals surface area contributed by atoms with Crippen LogP contribution >= 0.6 is 0 Å². The first-order chi connectivity index (χ1) is 9.61. The van der Waals surface area contributed by atoms with Gasteiger partial charge in [0, 0.05) is 18.2 Å². The molecular formula is C15H24BNO3. The molecule has 0 spiro atoms. The Morgan fingerprint density at radius 1 is 1.25 bits per heavy atom. The molecule has 2 rings (SSSR count). The van der Waals surface area contributed by atoms with Crippen molar-refractivity contribution in [3.05, 3.63) is 23.8 Å². The SMILES string of the molecule is COc1ccc(B(O)O)cc1CN(C)C1CCCCC1. The van der Waals surface area contributed by atoms with Gasteiger partial charge in [-0.1, -0.05) is 31.4 Å². The van der Waals surface area contributed by atoms with Crippen molar-refractivity contribution < 1.29 is 14.8 Å². The Morgan fingerprint density at radius 2 is 1.95 bits per heavy atom. The fourth-order valence-electron chi connectivity index (χ4n) is 3.00. The van der Waals surface area contributed by atoms with Crippen LogP contribution in [0.4, 0.5) is 0 Å². The van der Waals surface area contributed by atoms with Crippen molar-refractivity contribution in [3.63, 3.8) is 0 Å². The lowest BCUT2D eigenvalue weighted by atomic mass is 9.79. The fraction of sp³-hybridized carbons (Fsp3) is 0.600. The van der Waals surface area contributed by atoms with Gasteiger partial charge in [0.05, 0.1) is 7.11 Å². The van der Waals surface area contributed by atoms with Gasteiger partial charge in [0.2, 0.25) is 0 Å². The van der Waals surface area contributed by atoms with Crippen LogP contribution in [0.15, 0.2) is 18.2 Å². The molecule has 20 heavy (non-hydrogen) atoms. The Hall–Kier alpha value is -1.04. The molecule has 0 radical (unpaired) electrons. The van der Waals surface area contributed by atoms with Gasteiger partial charge in [-0.25, -0.2) is 0 Å². The van der Waals surface area contributed by atoms with E-state index in [2.05, 4.69) is 11.9 Å². The van der Waals surface area contributed by atoms with Crippen LogP contribution in [0.1, 0.15) is 37.7 Å². The predicted molar refractivity (Wildman–Crippen MR) is 81.2 cm³/mol. The second kappa shape index (κ2) is 7.11. The minimum absolute atomic E-state index is 0.512. The fourth-order valence-corrected chi connectivity index (χ4v) is 3.00. The van der Waals surface area contributed by atoms with Gasteiger partial charge >= 0.3 is 7.12 Å². The molecule has 0 bridgehead atoms.